The molecule has 8 nitrogen and oxygen atoms in total. The van der Waals surface area contributed by atoms with Crippen molar-refractivity contribution < 1.29 is 19.4 Å². The number of thiazole rings is 1. The molecule has 0 spiro atoms. The third-order valence-electron chi connectivity index (χ3n) is 3.10. The number of carbonyl (C=O) groups excluding carboxylic acids is 1. The smallest absolute Gasteiger partial charge is 0.449 e. The van der Waals surface area contributed by atoms with Gasteiger partial charge in [0.2, 0.25) is 5.06 Å². The number of hydrogen-bond donors (Lipinski definition) is 2. The molecule has 0 bridgehead atoms. The van der Waals surface area contributed by atoms with E-state index in [0.717, 1.165) is 16.9 Å². The zero-order chi connectivity index (χ0) is 17.8. The third kappa shape index (κ3) is 3.96. The summed E-state index contributed by atoms with van der Waals surface area (Å²) in [6.45, 7) is 1.59. The van der Waals surface area contributed by atoms with Crippen LogP contribution in [0.3, 0.4) is 0 Å². The number of carboxylic acid groups (broad SMARTS) is 1. The van der Waals surface area contributed by atoms with Gasteiger partial charge in [0.15, 0.2) is 11.0 Å². The molecule has 3 aromatic rings. The van der Waals surface area contributed by atoms with Gasteiger partial charge in [-0.15, -0.1) is 0 Å². The Morgan fingerprint density at radius 2 is 1.84 bits per heavy atom. The first-order valence-corrected chi connectivity index (χ1v) is 7.91. The Morgan fingerprint density at radius 1 is 1.16 bits per heavy atom. The second-order valence-corrected chi connectivity index (χ2v) is 5.84. The zero-order valence-corrected chi connectivity index (χ0v) is 13.8. The minimum absolute atomic E-state index is 0.110. The molecule has 25 heavy (non-hydrogen) atoms. The summed E-state index contributed by atoms with van der Waals surface area (Å²) in [4.78, 5) is 35.2. The van der Waals surface area contributed by atoms with Crippen LogP contribution in [-0.4, -0.2) is 32.1 Å². The Balaban J connectivity index is 1.72. The summed E-state index contributed by atoms with van der Waals surface area (Å²) in [5.74, 6) is 0.0645. The molecule has 2 heterocycles. The second kappa shape index (κ2) is 7.05. The van der Waals surface area contributed by atoms with Crippen molar-refractivity contribution in [1.29, 1.82) is 0 Å². The van der Waals surface area contributed by atoms with Crippen LogP contribution >= 0.6 is 11.3 Å². The summed E-state index contributed by atoms with van der Waals surface area (Å²) >= 11 is 0.924. The number of carbonyl (C=O) groups is 2. The molecule has 0 aliphatic carbocycles. The Bertz CT molecular complexity index is 910. The van der Waals surface area contributed by atoms with E-state index in [4.69, 9.17) is 5.11 Å². The molecule has 0 fully saturated rings. The largest absolute Gasteiger partial charge is 0.512 e. The van der Waals surface area contributed by atoms with Gasteiger partial charge in [0, 0.05) is 18.0 Å². The van der Waals surface area contributed by atoms with Crippen LogP contribution in [0.25, 0.3) is 11.4 Å². The van der Waals surface area contributed by atoms with Gasteiger partial charge in [-0.2, -0.15) is 0 Å². The normalized spacial score (nSPS) is 10.3. The SMILES string of the molecule is Cc1nc(NC(=O)c2cnc(-c3ccccc3)nc2)sc1OC(=O)O. The zero-order valence-electron chi connectivity index (χ0n) is 13.0. The van der Waals surface area contributed by atoms with E-state index >= 15 is 0 Å². The molecule has 0 aliphatic rings. The molecule has 0 atom stereocenters. The van der Waals surface area contributed by atoms with Crippen molar-refractivity contribution in [2.24, 2.45) is 0 Å². The Hall–Kier alpha value is -3.33. The number of nitrogens with zero attached hydrogens (tertiary/aromatic N) is 3. The van der Waals surface area contributed by atoms with Gasteiger partial charge in [0.25, 0.3) is 5.91 Å². The molecular weight excluding hydrogens is 344 g/mol. The van der Waals surface area contributed by atoms with Crippen LogP contribution in [0, 0.1) is 6.92 Å². The van der Waals surface area contributed by atoms with Gasteiger partial charge in [0.1, 0.15) is 0 Å². The molecule has 0 saturated carbocycles. The fraction of sp³-hybridized carbons (Fsp3) is 0.0625. The maximum absolute atomic E-state index is 12.2. The first-order chi connectivity index (χ1) is 12.0. The number of hydrogen-bond acceptors (Lipinski definition) is 7. The van der Waals surface area contributed by atoms with Crippen LogP contribution in [0.2, 0.25) is 0 Å². The maximum atomic E-state index is 12.2. The number of amides is 1. The fourth-order valence-electron chi connectivity index (χ4n) is 1.96. The molecular formula is C16H12N4O4S. The Kier molecular flexibility index (Phi) is 4.66. The van der Waals surface area contributed by atoms with Crippen LogP contribution in [0.1, 0.15) is 16.1 Å². The van der Waals surface area contributed by atoms with E-state index < -0.39 is 12.1 Å². The van der Waals surface area contributed by atoms with E-state index in [1.807, 2.05) is 30.3 Å². The van der Waals surface area contributed by atoms with E-state index in [0.29, 0.717) is 11.5 Å². The van der Waals surface area contributed by atoms with E-state index in [-0.39, 0.29) is 15.8 Å². The molecule has 0 unspecified atom stereocenters. The van der Waals surface area contributed by atoms with Crippen molar-refractivity contribution in [2.45, 2.75) is 6.92 Å². The number of ether oxygens (including phenoxy) is 1. The lowest BCUT2D eigenvalue weighted by Crippen LogP contribution is -2.12. The van der Waals surface area contributed by atoms with Gasteiger partial charge in [-0.3, -0.25) is 10.1 Å². The topological polar surface area (TPSA) is 114 Å². The third-order valence-corrected chi connectivity index (χ3v) is 4.05. The van der Waals surface area contributed by atoms with E-state index in [1.165, 1.54) is 12.4 Å². The first-order valence-electron chi connectivity index (χ1n) is 7.10. The minimum atomic E-state index is -1.44. The molecule has 126 valence electrons. The predicted octanol–water partition coefficient (Wildman–Crippen LogP) is 3.22. The van der Waals surface area contributed by atoms with Crippen molar-refractivity contribution in [3.63, 3.8) is 0 Å². The maximum Gasteiger partial charge on any atom is 0.512 e. The fourth-order valence-corrected chi connectivity index (χ4v) is 2.77. The summed E-state index contributed by atoms with van der Waals surface area (Å²) in [5, 5.41) is 11.5. The summed E-state index contributed by atoms with van der Waals surface area (Å²) in [6, 6.07) is 9.39. The van der Waals surface area contributed by atoms with Crippen molar-refractivity contribution >= 4 is 28.5 Å². The quantitative estimate of drug-likeness (QED) is 0.690. The van der Waals surface area contributed by atoms with Crippen LogP contribution in [0.5, 0.6) is 5.06 Å². The van der Waals surface area contributed by atoms with Gasteiger partial charge < -0.3 is 9.84 Å². The van der Waals surface area contributed by atoms with Gasteiger partial charge in [-0.1, -0.05) is 41.7 Å². The highest BCUT2D eigenvalue weighted by Gasteiger charge is 2.15. The number of aryl methyl sites for hydroxylation is 1. The average Bonchev–Trinajstić information content (AvgIpc) is 2.94. The monoisotopic (exact) mass is 356 g/mol. The minimum Gasteiger partial charge on any atom is -0.449 e. The lowest BCUT2D eigenvalue weighted by atomic mass is 10.2. The molecule has 0 saturated heterocycles. The van der Waals surface area contributed by atoms with E-state index in [2.05, 4.69) is 25.0 Å². The van der Waals surface area contributed by atoms with Gasteiger partial charge in [0.05, 0.1) is 11.3 Å². The van der Waals surface area contributed by atoms with Gasteiger partial charge in [-0.05, 0) is 6.92 Å². The Morgan fingerprint density at radius 3 is 2.48 bits per heavy atom. The summed E-state index contributed by atoms with van der Waals surface area (Å²) < 4.78 is 4.57. The number of anilines is 1. The van der Waals surface area contributed by atoms with Crippen molar-refractivity contribution in [3.8, 4) is 16.5 Å². The van der Waals surface area contributed by atoms with E-state index in [9.17, 15) is 9.59 Å². The summed E-state index contributed by atoms with van der Waals surface area (Å²) in [7, 11) is 0. The second-order valence-electron chi connectivity index (χ2n) is 4.88. The number of benzene rings is 1. The average molecular weight is 356 g/mol. The Labute approximate surface area is 146 Å². The van der Waals surface area contributed by atoms with Crippen LogP contribution in [0.4, 0.5) is 9.93 Å². The molecule has 0 radical (unpaired) electrons. The molecule has 9 heteroatoms. The van der Waals surface area contributed by atoms with Crippen LogP contribution in [0.15, 0.2) is 42.7 Å². The summed E-state index contributed by atoms with van der Waals surface area (Å²) in [5.41, 5.74) is 1.48. The first kappa shape index (κ1) is 16.5. The molecule has 0 aliphatic heterocycles. The van der Waals surface area contributed by atoms with E-state index in [1.54, 1.807) is 6.92 Å². The highest BCUT2D eigenvalue weighted by Crippen LogP contribution is 2.30. The van der Waals surface area contributed by atoms with Gasteiger partial charge in [-0.25, -0.2) is 19.7 Å². The molecule has 3 rings (SSSR count). The predicted molar refractivity (Wildman–Crippen MR) is 90.9 cm³/mol. The molecule has 2 aromatic heterocycles. The lowest BCUT2D eigenvalue weighted by Gasteiger charge is -2.03. The lowest BCUT2D eigenvalue weighted by molar-refractivity contribution is 0.102. The number of rotatable bonds is 4. The van der Waals surface area contributed by atoms with Crippen molar-refractivity contribution in [1.82, 2.24) is 15.0 Å². The molecule has 2 N–H and O–H groups in total. The highest BCUT2D eigenvalue weighted by atomic mass is 32.1. The summed E-state index contributed by atoms with van der Waals surface area (Å²) in [6.07, 6.45) is 1.40. The van der Waals surface area contributed by atoms with Crippen LogP contribution < -0.4 is 10.1 Å². The number of nitrogens with one attached hydrogen (secondary N) is 1. The number of aromatic nitrogens is 3. The standard InChI is InChI=1S/C16H12N4O4S/c1-9-14(24-16(22)23)25-15(19-9)20-13(21)11-7-17-12(18-8-11)10-5-3-2-4-6-10/h2-8H,1H3,(H,22,23)(H,19,20,21). The molecule has 1 amide bonds. The highest BCUT2D eigenvalue weighted by molar-refractivity contribution is 7.17. The molecule has 1 aromatic carbocycles. The van der Waals surface area contributed by atoms with Crippen molar-refractivity contribution in [2.75, 3.05) is 5.32 Å². The van der Waals surface area contributed by atoms with Crippen LogP contribution in [-0.2, 0) is 0 Å². The van der Waals surface area contributed by atoms with Gasteiger partial charge >= 0.3 is 6.16 Å². The van der Waals surface area contributed by atoms with Crippen molar-refractivity contribution in [3.05, 3.63) is 54.0 Å².